The van der Waals surface area contributed by atoms with Gasteiger partial charge in [0.2, 0.25) is 0 Å². The van der Waals surface area contributed by atoms with E-state index in [0.29, 0.717) is 0 Å². The van der Waals surface area contributed by atoms with E-state index in [1.807, 2.05) is 12.1 Å². The molecule has 0 heterocycles. The molecule has 0 aromatic heterocycles. The Kier molecular flexibility index (Phi) is 3.87. The lowest BCUT2D eigenvalue weighted by Crippen LogP contribution is -1.70. The van der Waals surface area contributed by atoms with Crippen LogP contribution in [0.15, 0.2) is 34.8 Å². The molecule has 0 aliphatic rings. The summed E-state index contributed by atoms with van der Waals surface area (Å²) in [5.74, 6) is 0. The molecule has 0 fully saturated rings. The number of alkyl halides is 1. The average molecular weight is 276 g/mol. The van der Waals surface area contributed by atoms with Crippen molar-refractivity contribution in [3.05, 3.63) is 40.4 Å². The van der Waals surface area contributed by atoms with Crippen LogP contribution in [0.2, 0.25) is 0 Å². The third-order valence-electron chi connectivity index (χ3n) is 1.27. The van der Waals surface area contributed by atoms with Crippen molar-refractivity contribution in [3.8, 4) is 0 Å². The van der Waals surface area contributed by atoms with Gasteiger partial charge in [-0.05, 0) is 17.7 Å². The van der Waals surface area contributed by atoms with E-state index in [1.165, 1.54) is 5.56 Å². The zero-order chi connectivity index (χ0) is 8.10. The molecule has 0 saturated carbocycles. The fraction of sp³-hybridized carbons (Fsp3) is 0.111. The average Bonchev–Trinajstić information content (AvgIpc) is 2.04. The van der Waals surface area contributed by atoms with Crippen LogP contribution < -0.4 is 0 Å². The first-order chi connectivity index (χ1) is 5.33. The van der Waals surface area contributed by atoms with E-state index in [9.17, 15) is 0 Å². The maximum atomic E-state index is 3.38. The van der Waals surface area contributed by atoms with Crippen LogP contribution in [0.25, 0.3) is 6.08 Å². The molecule has 11 heavy (non-hydrogen) atoms. The summed E-state index contributed by atoms with van der Waals surface area (Å²) < 4.78 is 1.12. The topological polar surface area (TPSA) is 0 Å². The van der Waals surface area contributed by atoms with Crippen LogP contribution in [0.1, 0.15) is 5.56 Å². The van der Waals surface area contributed by atoms with Crippen molar-refractivity contribution >= 4 is 37.9 Å². The Morgan fingerprint density at radius 3 is 2.36 bits per heavy atom. The molecule has 2 heteroatoms. The highest BCUT2D eigenvalue weighted by Gasteiger charge is 1.85. The van der Waals surface area contributed by atoms with Crippen LogP contribution in [0.3, 0.4) is 0 Å². The van der Waals surface area contributed by atoms with Crippen molar-refractivity contribution in [2.45, 2.75) is 0 Å². The molecule has 0 radical (unpaired) electrons. The molecule has 0 spiro atoms. The Balaban J connectivity index is 2.73. The summed E-state index contributed by atoms with van der Waals surface area (Å²) in [7, 11) is 0. The summed E-state index contributed by atoms with van der Waals surface area (Å²) in [5, 5.41) is 0.906. The van der Waals surface area contributed by atoms with Gasteiger partial charge in [-0.1, -0.05) is 56.1 Å². The van der Waals surface area contributed by atoms with Gasteiger partial charge in [-0.15, -0.1) is 0 Å². The summed E-state index contributed by atoms with van der Waals surface area (Å²) in [6.45, 7) is 0. The Bertz CT molecular complexity index is 236. The van der Waals surface area contributed by atoms with Gasteiger partial charge < -0.3 is 0 Å². The van der Waals surface area contributed by atoms with E-state index in [2.05, 4.69) is 56.1 Å². The number of hydrogen-bond acceptors (Lipinski definition) is 0. The predicted octanol–water partition coefficient (Wildman–Crippen LogP) is 3.86. The largest absolute Gasteiger partial charge is 0.0883 e. The normalized spacial score (nSPS) is 10.7. The number of halogens is 2. The van der Waals surface area contributed by atoms with Crippen LogP contribution >= 0.6 is 31.9 Å². The zero-order valence-corrected chi connectivity index (χ0v) is 9.10. The second-order valence-corrected chi connectivity index (χ2v) is 3.67. The summed E-state index contributed by atoms with van der Waals surface area (Å²) in [6.07, 6.45) is 4.16. The summed E-state index contributed by atoms with van der Waals surface area (Å²) in [5.41, 5.74) is 1.23. The summed E-state index contributed by atoms with van der Waals surface area (Å²) >= 11 is 6.71. The molecular formula is C9H8Br2. The third kappa shape index (κ3) is 3.21. The summed E-state index contributed by atoms with van der Waals surface area (Å²) in [4.78, 5) is 0. The van der Waals surface area contributed by atoms with Gasteiger partial charge in [0.25, 0.3) is 0 Å². The first-order valence-corrected chi connectivity index (χ1v) is 5.22. The lowest BCUT2D eigenvalue weighted by Gasteiger charge is -1.91. The molecule has 0 bridgehead atoms. The minimum Gasteiger partial charge on any atom is -0.0883 e. The maximum Gasteiger partial charge on any atom is 0.0215 e. The molecule has 1 rings (SSSR count). The maximum absolute atomic E-state index is 3.38. The molecule has 0 unspecified atom stereocenters. The molecule has 1 aromatic carbocycles. The Labute approximate surface area is 83.6 Å². The molecule has 0 amide bonds. The highest BCUT2D eigenvalue weighted by molar-refractivity contribution is 9.10. The second-order valence-electron chi connectivity index (χ2n) is 2.11. The van der Waals surface area contributed by atoms with Crippen LogP contribution in [-0.2, 0) is 0 Å². The van der Waals surface area contributed by atoms with Gasteiger partial charge in [-0.2, -0.15) is 0 Å². The van der Waals surface area contributed by atoms with Crippen molar-refractivity contribution < 1.29 is 0 Å². The van der Waals surface area contributed by atoms with Gasteiger partial charge in [0.15, 0.2) is 0 Å². The summed E-state index contributed by atoms with van der Waals surface area (Å²) in [6, 6.07) is 8.22. The SMILES string of the molecule is BrC/C=C\c1ccc(Br)cc1. The van der Waals surface area contributed by atoms with E-state index in [1.54, 1.807) is 0 Å². The molecule has 58 valence electrons. The number of hydrogen-bond donors (Lipinski definition) is 0. The quantitative estimate of drug-likeness (QED) is 0.719. The minimum absolute atomic E-state index is 0.906. The van der Waals surface area contributed by atoms with E-state index >= 15 is 0 Å². The number of allylic oxidation sites excluding steroid dienone is 1. The smallest absolute Gasteiger partial charge is 0.0215 e. The molecule has 0 N–H and O–H groups in total. The van der Waals surface area contributed by atoms with Gasteiger partial charge in [-0.3, -0.25) is 0 Å². The highest BCUT2D eigenvalue weighted by atomic mass is 79.9. The second kappa shape index (κ2) is 4.73. The monoisotopic (exact) mass is 274 g/mol. The standard InChI is InChI=1S/C9H8Br2/c10-7-1-2-8-3-5-9(11)6-4-8/h1-6H,7H2/b2-1-. The molecule has 0 nitrogen and oxygen atoms in total. The first kappa shape index (κ1) is 9.01. The van der Waals surface area contributed by atoms with Crippen molar-refractivity contribution in [2.24, 2.45) is 0 Å². The molecule has 0 saturated heterocycles. The minimum atomic E-state index is 0.906. The van der Waals surface area contributed by atoms with Gasteiger partial charge in [0, 0.05) is 9.80 Å². The van der Waals surface area contributed by atoms with E-state index in [0.717, 1.165) is 9.80 Å². The molecular weight excluding hydrogens is 268 g/mol. The van der Waals surface area contributed by atoms with Crippen LogP contribution in [0.5, 0.6) is 0 Å². The molecule has 0 aliphatic carbocycles. The lowest BCUT2D eigenvalue weighted by atomic mass is 10.2. The van der Waals surface area contributed by atoms with Gasteiger partial charge >= 0.3 is 0 Å². The van der Waals surface area contributed by atoms with Crippen LogP contribution in [-0.4, -0.2) is 5.33 Å². The van der Waals surface area contributed by atoms with Gasteiger partial charge in [0.05, 0.1) is 0 Å². The predicted molar refractivity (Wildman–Crippen MR) is 57.0 cm³/mol. The highest BCUT2D eigenvalue weighted by Crippen LogP contribution is 2.11. The molecule has 0 atom stereocenters. The number of rotatable bonds is 2. The number of benzene rings is 1. The van der Waals surface area contributed by atoms with E-state index < -0.39 is 0 Å². The Morgan fingerprint density at radius 1 is 1.18 bits per heavy atom. The van der Waals surface area contributed by atoms with Crippen molar-refractivity contribution in [3.63, 3.8) is 0 Å². The Hall–Kier alpha value is -0.0800. The van der Waals surface area contributed by atoms with Crippen molar-refractivity contribution in [1.82, 2.24) is 0 Å². The fourth-order valence-corrected chi connectivity index (χ4v) is 1.21. The van der Waals surface area contributed by atoms with E-state index in [4.69, 9.17) is 0 Å². The lowest BCUT2D eigenvalue weighted by molar-refractivity contribution is 1.61. The first-order valence-electron chi connectivity index (χ1n) is 3.31. The van der Waals surface area contributed by atoms with Gasteiger partial charge in [-0.25, -0.2) is 0 Å². The van der Waals surface area contributed by atoms with Crippen LogP contribution in [0, 0.1) is 0 Å². The third-order valence-corrected chi connectivity index (χ3v) is 2.17. The zero-order valence-electron chi connectivity index (χ0n) is 5.93. The molecule has 0 aliphatic heterocycles. The van der Waals surface area contributed by atoms with Gasteiger partial charge in [0.1, 0.15) is 0 Å². The van der Waals surface area contributed by atoms with Crippen LogP contribution in [0.4, 0.5) is 0 Å². The fourth-order valence-electron chi connectivity index (χ4n) is 0.755. The van der Waals surface area contributed by atoms with E-state index in [-0.39, 0.29) is 0 Å². The van der Waals surface area contributed by atoms with Crippen molar-refractivity contribution in [2.75, 3.05) is 5.33 Å². The Morgan fingerprint density at radius 2 is 1.82 bits per heavy atom. The van der Waals surface area contributed by atoms with Crippen molar-refractivity contribution in [1.29, 1.82) is 0 Å². The molecule has 1 aromatic rings.